The summed E-state index contributed by atoms with van der Waals surface area (Å²) in [6, 6.07) is 1.92. The van der Waals surface area contributed by atoms with Gasteiger partial charge in [-0.05, 0) is 41.3 Å². The molecule has 4 nitrogen and oxygen atoms in total. The molecule has 0 unspecified atom stereocenters. The van der Waals surface area contributed by atoms with Gasteiger partial charge in [-0.1, -0.05) is 0 Å². The summed E-state index contributed by atoms with van der Waals surface area (Å²) < 4.78 is 16.9. The maximum Gasteiger partial charge on any atom is 0.178 e. The second-order valence-corrected chi connectivity index (χ2v) is 5.31. The van der Waals surface area contributed by atoms with Gasteiger partial charge in [-0.25, -0.2) is 0 Å². The standard InChI is InChI=1S/C13H18BrNO3/c1-16-9-7-8(13(15)5-4-6-13)11(17-2)10(14)12(9)18-3/h7H,4-6,15H2,1-3H3. The Morgan fingerprint density at radius 1 is 1.11 bits per heavy atom. The third-order valence-electron chi connectivity index (χ3n) is 3.55. The lowest BCUT2D eigenvalue weighted by Crippen LogP contribution is -2.43. The minimum Gasteiger partial charge on any atom is -0.495 e. The molecule has 0 aliphatic heterocycles. The van der Waals surface area contributed by atoms with Gasteiger partial charge in [-0.2, -0.15) is 0 Å². The van der Waals surface area contributed by atoms with Crippen LogP contribution in [0.25, 0.3) is 0 Å². The number of nitrogens with two attached hydrogens (primary N) is 1. The number of halogens is 1. The summed E-state index contributed by atoms with van der Waals surface area (Å²) in [6.07, 6.45) is 3.07. The first-order chi connectivity index (χ1) is 8.57. The third kappa shape index (κ3) is 1.95. The largest absolute Gasteiger partial charge is 0.495 e. The lowest BCUT2D eigenvalue weighted by molar-refractivity contribution is 0.241. The van der Waals surface area contributed by atoms with Crippen LogP contribution in [0.3, 0.4) is 0 Å². The van der Waals surface area contributed by atoms with Crippen molar-refractivity contribution in [3.63, 3.8) is 0 Å². The van der Waals surface area contributed by atoms with E-state index in [1.54, 1.807) is 21.3 Å². The molecule has 1 fully saturated rings. The summed E-state index contributed by atoms with van der Waals surface area (Å²) in [5.74, 6) is 2.02. The number of rotatable bonds is 4. The highest BCUT2D eigenvalue weighted by Gasteiger charge is 2.38. The molecule has 0 atom stereocenters. The van der Waals surface area contributed by atoms with Gasteiger partial charge in [0.2, 0.25) is 0 Å². The molecule has 0 heterocycles. The molecule has 0 amide bonds. The fourth-order valence-electron chi connectivity index (χ4n) is 2.33. The van der Waals surface area contributed by atoms with Gasteiger partial charge in [-0.3, -0.25) is 0 Å². The van der Waals surface area contributed by atoms with Crippen LogP contribution in [0.4, 0.5) is 0 Å². The Morgan fingerprint density at radius 3 is 2.11 bits per heavy atom. The van der Waals surface area contributed by atoms with Gasteiger partial charge in [0, 0.05) is 11.1 Å². The molecule has 0 saturated heterocycles. The smallest absolute Gasteiger partial charge is 0.178 e. The van der Waals surface area contributed by atoms with Crippen molar-refractivity contribution in [3.8, 4) is 17.2 Å². The minimum absolute atomic E-state index is 0.312. The van der Waals surface area contributed by atoms with Gasteiger partial charge < -0.3 is 19.9 Å². The molecule has 0 spiro atoms. The van der Waals surface area contributed by atoms with Crippen LogP contribution in [0.15, 0.2) is 10.5 Å². The summed E-state index contributed by atoms with van der Waals surface area (Å²) in [4.78, 5) is 0. The fraction of sp³-hybridized carbons (Fsp3) is 0.538. The molecule has 2 rings (SSSR count). The molecule has 0 bridgehead atoms. The van der Waals surface area contributed by atoms with Gasteiger partial charge in [0.25, 0.3) is 0 Å². The minimum atomic E-state index is -0.312. The topological polar surface area (TPSA) is 53.7 Å². The van der Waals surface area contributed by atoms with Gasteiger partial charge in [0.1, 0.15) is 10.2 Å². The quantitative estimate of drug-likeness (QED) is 0.928. The Morgan fingerprint density at radius 2 is 1.72 bits per heavy atom. The van der Waals surface area contributed by atoms with Crippen molar-refractivity contribution in [2.24, 2.45) is 5.73 Å². The van der Waals surface area contributed by atoms with Crippen molar-refractivity contribution in [1.29, 1.82) is 0 Å². The van der Waals surface area contributed by atoms with E-state index in [0.717, 1.165) is 35.0 Å². The molecule has 1 saturated carbocycles. The fourth-order valence-corrected chi connectivity index (χ4v) is 3.06. The molecule has 1 aliphatic rings. The van der Waals surface area contributed by atoms with Crippen LogP contribution < -0.4 is 19.9 Å². The summed E-state index contributed by atoms with van der Waals surface area (Å²) in [6.45, 7) is 0. The summed E-state index contributed by atoms with van der Waals surface area (Å²) in [7, 11) is 4.85. The molecular formula is C13H18BrNO3. The van der Waals surface area contributed by atoms with Crippen LogP contribution in [0.2, 0.25) is 0 Å². The maximum absolute atomic E-state index is 6.39. The predicted molar refractivity (Wildman–Crippen MR) is 73.5 cm³/mol. The summed E-state index contributed by atoms with van der Waals surface area (Å²) >= 11 is 3.50. The van der Waals surface area contributed by atoms with E-state index in [0.29, 0.717) is 11.5 Å². The first-order valence-corrected chi connectivity index (χ1v) is 6.64. The van der Waals surface area contributed by atoms with E-state index < -0.39 is 0 Å². The Kier molecular flexibility index (Phi) is 3.73. The molecule has 1 aromatic carbocycles. The van der Waals surface area contributed by atoms with Crippen LogP contribution in [-0.4, -0.2) is 21.3 Å². The highest BCUT2D eigenvalue weighted by Crippen LogP contribution is 2.51. The number of methoxy groups -OCH3 is 3. The molecule has 1 aliphatic carbocycles. The van der Waals surface area contributed by atoms with E-state index in [9.17, 15) is 0 Å². The zero-order chi connectivity index (χ0) is 13.3. The van der Waals surface area contributed by atoms with Crippen molar-refractivity contribution in [3.05, 3.63) is 16.1 Å². The van der Waals surface area contributed by atoms with E-state index in [1.807, 2.05) is 6.07 Å². The molecule has 5 heteroatoms. The lowest BCUT2D eigenvalue weighted by Gasteiger charge is -2.39. The summed E-state index contributed by atoms with van der Waals surface area (Å²) in [5.41, 5.74) is 7.05. The molecular weight excluding hydrogens is 298 g/mol. The van der Waals surface area contributed by atoms with E-state index in [2.05, 4.69) is 15.9 Å². The normalized spacial score (nSPS) is 16.9. The first-order valence-electron chi connectivity index (χ1n) is 5.85. The average Bonchev–Trinajstić information content (AvgIpc) is 2.34. The maximum atomic E-state index is 6.39. The second-order valence-electron chi connectivity index (χ2n) is 4.52. The number of benzene rings is 1. The zero-order valence-electron chi connectivity index (χ0n) is 10.9. The van der Waals surface area contributed by atoms with Crippen LogP contribution in [0.5, 0.6) is 17.2 Å². The lowest BCUT2D eigenvalue weighted by atomic mass is 9.72. The van der Waals surface area contributed by atoms with E-state index >= 15 is 0 Å². The van der Waals surface area contributed by atoms with E-state index in [4.69, 9.17) is 19.9 Å². The van der Waals surface area contributed by atoms with Crippen LogP contribution in [0.1, 0.15) is 24.8 Å². The third-order valence-corrected chi connectivity index (χ3v) is 4.27. The zero-order valence-corrected chi connectivity index (χ0v) is 12.5. The van der Waals surface area contributed by atoms with Crippen LogP contribution in [0, 0.1) is 0 Å². The molecule has 0 aromatic heterocycles. The number of hydrogen-bond donors (Lipinski definition) is 1. The van der Waals surface area contributed by atoms with Gasteiger partial charge in [0.15, 0.2) is 11.5 Å². The molecule has 0 radical (unpaired) electrons. The van der Waals surface area contributed by atoms with Crippen molar-refractivity contribution < 1.29 is 14.2 Å². The molecule has 1 aromatic rings. The predicted octanol–water partition coefficient (Wildman–Crippen LogP) is 2.81. The van der Waals surface area contributed by atoms with Gasteiger partial charge in [0.05, 0.1) is 21.3 Å². The van der Waals surface area contributed by atoms with Crippen molar-refractivity contribution in [2.45, 2.75) is 24.8 Å². The van der Waals surface area contributed by atoms with Crippen LogP contribution in [-0.2, 0) is 5.54 Å². The Hall–Kier alpha value is -0.940. The van der Waals surface area contributed by atoms with Crippen molar-refractivity contribution in [2.75, 3.05) is 21.3 Å². The van der Waals surface area contributed by atoms with Crippen molar-refractivity contribution >= 4 is 15.9 Å². The first kappa shape index (κ1) is 13.5. The molecule has 18 heavy (non-hydrogen) atoms. The summed E-state index contributed by atoms with van der Waals surface area (Å²) in [5, 5.41) is 0. The number of hydrogen-bond acceptors (Lipinski definition) is 4. The Balaban J connectivity index is 2.62. The van der Waals surface area contributed by atoms with E-state index in [-0.39, 0.29) is 5.54 Å². The monoisotopic (exact) mass is 315 g/mol. The number of ether oxygens (including phenoxy) is 3. The van der Waals surface area contributed by atoms with Gasteiger partial charge >= 0.3 is 0 Å². The molecule has 2 N–H and O–H groups in total. The average molecular weight is 316 g/mol. The van der Waals surface area contributed by atoms with Crippen LogP contribution >= 0.6 is 15.9 Å². The van der Waals surface area contributed by atoms with E-state index in [1.165, 1.54) is 0 Å². The molecule has 100 valence electrons. The van der Waals surface area contributed by atoms with Gasteiger partial charge in [-0.15, -0.1) is 0 Å². The van der Waals surface area contributed by atoms with Crippen molar-refractivity contribution in [1.82, 2.24) is 0 Å². The highest BCUT2D eigenvalue weighted by atomic mass is 79.9. The SMILES string of the molecule is COc1cc(C2(N)CCC2)c(OC)c(Br)c1OC. The Bertz CT molecular complexity index is 458. The highest BCUT2D eigenvalue weighted by molar-refractivity contribution is 9.10. The second kappa shape index (κ2) is 4.97. The Labute approximate surface area is 116 Å².